The van der Waals surface area contributed by atoms with Gasteiger partial charge >= 0.3 is 0 Å². The van der Waals surface area contributed by atoms with Gasteiger partial charge in [-0.2, -0.15) is 0 Å². The van der Waals surface area contributed by atoms with E-state index in [2.05, 4.69) is 25.1 Å². The number of ether oxygens (including phenoxy) is 1. The van der Waals surface area contributed by atoms with E-state index in [0.717, 1.165) is 36.5 Å². The summed E-state index contributed by atoms with van der Waals surface area (Å²) in [6.07, 6.45) is 9.41. The van der Waals surface area contributed by atoms with Gasteiger partial charge < -0.3 is 9.84 Å². The maximum atomic E-state index is 10.1. The number of rotatable bonds is 3. The Morgan fingerprint density at radius 1 is 1.15 bits per heavy atom. The standard InChI is InChI=1S/C18H26O2/c1-2-13-6-9-15(10-7-13)20-16-11-8-14-4-3-5-18(19)17(14)12-16/h8,11-13,15,18-19H,2-7,9-10H2,1H3. The molecule has 1 saturated carbocycles. The van der Waals surface area contributed by atoms with E-state index in [1.54, 1.807) is 0 Å². The van der Waals surface area contributed by atoms with E-state index in [1.807, 2.05) is 0 Å². The van der Waals surface area contributed by atoms with Crippen molar-refractivity contribution in [2.75, 3.05) is 0 Å². The molecule has 0 spiro atoms. The molecule has 20 heavy (non-hydrogen) atoms. The molecule has 1 unspecified atom stereocenters. The highest BCUT2D eigenvalue weighted by molar-refractivity contribution is 5.38. The Balaban J connectivity index is 1.65. The van der Waals surface area contributed by atoms with E-state index in [9.17, 15) is 5.11 Å². The molecule has 0 aliphatic heterocycles. The Kier molecular flexibility index (Phi) is 4.30. The number of benzene rings is 1. The van der Waals surface area contributed by atoms with Gasteiger partial charge in [0.05, 0.1) is 12.2 Å². The smallest absolute Gasteiger partial charge is 0.120 e. The van der Waals surface area contributed by atoms with Crippen LogP contribution >= 0.6 is 0 Å². The summed E-state index contributed by atoms with van der Waals surface area (Å²) >= 11 is 0. The highest BCUT2D eigenvalue weighted by Crippen LogP contribution is 2.34. The van der Waals surface area contributed by atoms with Gasteiger partial charge in [-0.1, -0.05) is 19.4 Å². The van der Waals surface area contributed by atoms with Gasteiger partial charge in [-0.25, -0.2) is 0 Å². The first-order chi connectivity index (χ1) is 9.76. The highest BCUT2D eigenvalue weighted by atomic mass is 16.5. The molecule has 2 aliphatic carbocycles. The van der Waals surface area contributed by atoms with Crippen molar-refractivity contribution in [3.05, 3.63) is 29.3 Å². The number of fused-ring (bicyclic) bond motifs is 1. The van der Waals surface area contributed by atoms with Crippen LogP contribution in [-0.4, -0.2) is 11.2 Å². The van der Waals surface area contributed by atoms with Crippen LogP contribution in [0.15, 0.2) is 18.2 Å². The first-order valence-corrected chi connectivity index (χ1v) is 8.23. The first kappa shape index (κ1) is 13.9. The lowest BCUT2D eigenvalue weighted by atomic mass is 9.86. The molecule has 3 rings (SSSR count). The number of hydrogen-bond donors (Lipinski definition) is 1. The number of aliphatic hydroxyl groups excluding tert-OH is 1. The molecule has 110 valence electrons. The fourth-order valence-corrected chi connectivity index (χ4v) is 3.68. The zero-order valence-corrected chi connectivity index (χ0v) is 12.5. The van der Waals surface area contributed by atoms with Crippen LogP contribution in [0.5, 0.6) is 5.75 Å². The Labute approximate surface area is 122 Å². The number of hydrogen-bond acceptors (Lipinski definition) is 2. The van der Waals surface area contributed by atoms with Crippen LogP contribution in [0.2, 0.25) is 0 Å². The minimum Gasteiger partial charge on any atom is -0.490 e. The molecule has 1 aromatic carbocycles. The van der Waals surface area contributed by atoms with Crippen molar-refractivity contribution in [2.24, 2.45) is 5.92 Å². The molecule has 0 amide bonds. The maximum Gasteiger partial charge on any atom is 0.120 e. The van der Waals surface area contributed by atoms with Gasteiger partial charge in [0.15, 0.2) is 0 Å². The summed E-state index contributed by atoms with van der Waals surface area (Å²) in [5, 5.41) is 10.1. The number of aryl methyl sites for hydroxylation is 1. The Bertz CT molecular complexity index is 447. The molecular formula is C18H26O2. The minimum absolute atomic E-state index is 0.293. The monoisotopic (exact) mass is 274 g/mol. The van der Waals surface area contributed by atoms with E-state index in [0.29, 0.717) is 6.10 Å². The molecule has 2 nitrogen and oxygen atoms in total. The van der Waals surface area contributed by atoms with Crippen LogP contribution in [-0.2, 0) is 6.42 Å². The molecule has 2 aliphatic rings. The third-order valence-corrected chi connectivity index (χ3v) is 5.07. The summed E-state index contributed by atoms with van der Waals surface area (Å²) < 4.78 is 6.15. The summed E-state index contributed by atoms with van der Waals surface area (Å²) in [5.74, 6) is 1.85. The minimum atomic E-state index is -0.293. The van der Waals surface area contributed by atoms with Gasteiger partial charge in [0.1, 0.15) is 5.75 Å². The average Bonchev–Trinajstić information content (AvgIpc) is 2.49. The van der Waals surface area contributed by atoms with Crippen LogP contribution < -0.4 is 4.74 Å². The lowest BCUT2D eigenvalue weighted by Crippen LogP contribution is -2.24. The largest absolute Gasteiger partial charge is 0.490 e. The van der Waals surface area contributed by atoms with Gasteiger partial charge in [0, 0.05) is 0 Å². The molecule has 1 atom stereocenters. The van der Waals surface area contributed by atoms with Crippen molar-refractivity contribution in [3.63, 3.8) is 0 Å². The molecule has 0 saturated heterocycles. The maximum absolute atomic E-state index is 10.1. The molecule has 0 radical (unpaired) electrons. The molecule has 1 aromatic rings. The third-order valence-electron chi connectivity index (χ3n) is 5.07. The molecule has 1 fully saturated rings. The Hall–Kier alpha value is -1.02. The zero-order valence-electron chi connectivity index (χ0n) is 12.5. The predicted octanol–water partition coefficient (Wildman–Crippen LogP) is 4.40. The quantitative estimate of drug-likeness (QED) is 0.885. The fourth-order valence-electron chi connectivity index (χ4n) is 3.68. The predicted molar refractivity (Wildman–Crippen MR) is 81.0 cm³/mol. The van der Waals surface area contributed by atoms with Crippen molar-refractivity contribution < 1.29 is 9.84 Å². The van der Waals surface area contributed by atoms with Crippen molar-refractivity contribution >= 4 is 0 Å². The second-order valence-electron chi connectivity index (χ2n) is 6.44. The van der Waals surface area contributed by atoms with E-state index in [1.165, 1.54) is 37.7 Å². The van der Waals surface area contributed by atoms with Crippen molar-refractivity contribution in [2.45, 2.75) is 70.5 Å². The van der Waals surface area contributed by atoms with Gasteiger partial charge in [-0.3, -0.25) is 0 Å². The van der Waals surface area contributed by atoms with Gasteiger partial charge in [0.2, 0.25) is 0 Å². The van der Waals surface area contributed by atoms with Gasteiger partial charge in [-0.15, -0.1) is 0 Å². The number of aliphatic hydroxyl groups is 1. The van der Waals surface area contributed by atoms with Crippen molar-refractivity contribution in [3.8, 4) is 5.75 Å². The summed E-state index contributed by atoms with van der Waals surface area (Å²) in [7, 11) is 0. The van der Waals surface area contributed by atoms with Crippen LogP contribution in [0.3, 0.4) is 0 Å². The normalized spacial score (nSPS) is 29.8. The van der Waals surface area contributed by atoms with Crippen molar-refractivity contribution in [1.82, 2.24) is 0 Å². The van der Waals surface area contributed by atoms with E-state index in [4.69, 9.17) is 4.74 Å². The third kappa shape index (κ3) is 3.01. The van der Waals surface area contributed by atoms with E-state index in [-0.39, 0.29) is 6.10 Å². The van der Waals surface area contributed by atoms with Crippen LogP contribution in [0.25, 0.3) is 0 Å². The topological polar surface area (TPSA) is 29.5 Å². The molecule has 0 bridgehead atoms. The van der Waals surface area contributed by atoms with E-state index >= 15 is 0 Å². The Morgan fingerprint density at radius 2 is 1.95 bits per heavy atom. The summed E-state index contributed by atoms with van der Waals surface area (Å²) in [4.78, 5) is 0. The molecule has 0 heterocycles. The highest BCUT2D eigenvalue weighted by Gasteiger charge is 2.23. The zero-order chi connectivity index (χ0) is 13.9. The van der Waals surface area contributed by atoms with Crippen LogP contribution in [0.4, 0.5) is 0 Å². The van der Waals surface area contributed by atoms with Crippen LogP contribution in [0, 0.1) is 5.92 Å². The first-order valence-electron chi connectivity index (χ1n) is 8.23. The molecule has 1 N–H and O–H groups in total. The summed E-state index contributed by atoms with van der Waals surface area (Å²) in [6, 6.07) is 6.30. The SMILES string of the molecule is CCC1CCC(Oc2ccc3c(c2)C(O)CCC3)CC1. The lowest BCUT2D eigenvalue weighted by molar-refractivity contribution is 0.127. The van der Waals surface area contributed by atoms with E-state index < -0.39 is 0 Å². The second-order valence-corrected chi connectivity index (χ2v) is 6.44. The molecule has 0 aromatic heterocycles. The van der Waals surface area contributed by atoms with Gasteiger partial charge in [-0.05, 0) is 74.1 Å². The summed E-state index contributed by atoms with van der Waals surface area (Å²) in [6.45, 7) is 2.29. The summed E-state index contributed by atoms with van der Waals surface area (Å²) in [5.41, 5.74) is 2.39. The Morgan fingerprint density at radius 3 is 2.70 bits per heavy atom. The second kappa shape index (κ2) is 6.17. The molecule has 2 heteroatoms. The van der Waals surface area contributed by atoms with Crippen molar-refractivity contribution in [1.29, 1.82) is 0 Å². The van der Waals surface area contributed by atoms with Gasteiger partial charge in [0.25, 0.3) is 0 Å². The average molecular weight is 274 g/mol. The lowest BCUT2D eigenvalue weighted by Gasteiger charge is -2.29. The fraction of sp³-hybridized carbons (Fsp3) is 0.667. The van der Waals surface area contributed by atoms with Crippen LogP contribution in [0.1, 0.15) is 69.1 Å². The molecular weight excluding hydrogens is 248 g/mol.